The second-order valence-electron chi connectivity index (χ2n) is 12.6. The highest BCUT2D eigenvalue weighted by atomic mass is 16.5. The van der Waals surface area contributed by atoms with Crippen LogP contribution in [0.15, 0.2) is 66.7 Å². The van der Waals surface area contributed by atoms with Crippen LogP contribution in [0.2, 0.25) is 0 Å². The van der Waals surface area contributed by atoms with Crippen molar-refractivity contribution in [2.24, 2.45) is 0 Å². The van der Waals surface area contributed by atoms with Crippen LogP contribution in [0.5, 0.6) is 5.75 Å². The fraction of sp³-hybridized carbons (Fsp3) is 0.389. The predicted octanol–water partition coefficient (Wildman–Crippen LogP) is 4.15. The standard InChI is InChI=1S/C36H42N4O6/c1-23-21-38-36(2,3)20-32(41)39-30-15-13-26-19-27(45-4)14-16-31(26)40(35(30)44)22-24-9-11-25(12-10-24)28-7-5-6-8-29(28)34(43)37-18-17-33(42)46-23/h5-12,14,16,19,23,30,38H,13,15,17-18,20-22H2,1-4H3,(H,37,43)(H,39,41)/t23?,30-/m1/s1. The molecule has 0 aromatic heterocycles. The minimum absolute atomic E-state index is 0.0283. The molecule has 3 heterocycles. The summed E-state index contributed by atoms with van der Waals surface area (Å²) in [5.41, 5.74) is 4.09. The first-order chi connectivity index (χ1) is 22.0. The number of esters is 1. The molecule has 2 atom stereocenters. The van der Waals surface area contributed by atoms with Crippen LogP contribution in [0, 0.1) is 0 Å². The van der Waals surface area contributed by atoms with E-state index in [2.05, 4.69) is 16.0 Å². The van der Waals surface area contributed by atoms with Crippen molar-refractivity contribution in [3.05, 3.63) is 83.4 Å². The molecule has 0 spiro atoms. The molecule has 6 rings (SSSR count). The fourth-order valence-electron chi connectivity index (χ4n) is 5.91. The first-order valence-electron chi connectivity index (χ1n) is 15.7. The number of anilines is 1. The molecule has 10 nitrogen and oxygen atoms in total. The van der Waals surface area contributed by atoms with Crippen LogP contribution in [-0.4, -0.2) is 61.6 Å². The molecule has 3 amide bonds. The largest absolute Gasteiger partial charge is 0.497 e. The Morgan fingerprint density at radius 3 is 2.41 bits per heavy atom. The Balaban J connectivity index is 1.48. The summed E-state index contributed by atoms with van der Waals surface area (Å²) in [6, 6.07) is 20.0. The zero-order chi connectivity index (χ0) is 32.8. The zero-order valence-electron chi connectivity index (χ0n) is 26.9. The SMILES string of the molecule is COc1ccc2c(c1)CC[C@H]1NC(=O)CC(C)(C)NCC(C)OC(=O)CCNC(=O)c3ccccc3-c3ccc(cc3)CN2C1=O. The quantitative estimate of drug-likeness (QED) is 0.347. The Labute approximate surface area is 269 Å². The smallest absolute Gasteiger partial charge is 0.307 e. The molecule has 3 aromatic rings. The molecule has 0 fully saturated rings. The molecule has 0 aliphatic carbocycles. The van der Waals surface area contributed by atoms with Gasteiger partial charge in [-0.1, -0.05) is 42.5 Å². The Hall–Kier alpha value is -4.70. The lowest BCUT2D eigenvalue weighted by molar-refractivity contribution is -0.148. The molecule has 10 heteroatoms. The third kappa shape index (κ3) is 7.92. The highest BCUT2D eigenvalue weighted by molar-refractivity contribution is 6.02. The summed E-state index contributed by atoms with van der Waals surface area (Å²) in [5, 5.41) is 9.15. The maximum Gasteiger partial charge on any atom is 0.307 e. The molecular formula is C36H42N4O6. The predicted molar refractivity (Wildman–Crippen MR) is 176 cm³/mol. The van der Waals surface area contributed by atoms with Crippen molar-refractivity contribution in [3.8, 4) is 16.9 Å². The summed E-state index contributed by atoms with van der Waals surface area (Å²) in [7, 11) is 1.61. The molecule has 3 N–H and O–H groups in total. The molecule has 0 radical (unpaired) electrons. The number of carbonyl (C=O) groups excluding carboxylic acids is 4. The molecule has 3 aromatic carbocycles. The van der Waals surface area contributed by atoms with Gasteiger partial charge in [-0.15, -0.1) is 0 Å². The Kier molecular flexibility index (Phi) is 10.1. The van der Waals surface area contributed by atoms with E-state index in [0.29, 0.717) is 37.2 Å². The van der Waals surface area contributed by atoms with Gasteiger partial charge in [-0.3, -0.25) is 19.2 Å². The zero-order valence-corrected chi connectivity index (χ0v) is 26.9. The summed E-state index contributed by atoms with van der Waals surface area (Å²) in [5.74, 6) is -0.447. The van der Waals surface area contributed by atoms with Gasteiger partial charge in [0, 0.05) is 36.3 Å². The molecule has 1 unspecified atom stereocenters. The maximum absolute atomic E-state index is 14.1. The Bertz CT molecular complexity index is 1600. The Morgan fingerprint density at radius 1 is 0.935 bits per heavy atom. The average molecular weight is 627 g/mol. The third-order valence-corrected chi connectivity index (χ3v) is 8.37. The molecular weight excluding hydrogens is 584 g/mol. The second-order valence-corrected chi connectivity index (χ2v) is 12.6. The summed E-state index contributed by atoms with van der Waals surface area (Å²) >= 11 is 0. The summed E-state index contributed by atoms with van der Waals surface area (Å²) in [6.45, 7) is 6.32. The number of benzene rings is 3. The number of fused-ring (bicyclic) bond motifs is 15. The van der Waals surface area contributed by atoms with Crippen molar-refractivity contribution in [1.82, 2.24) is 16.0 Å². The van der Waals surface area contributed by atoms with Gasteiger partial charge in [-0.25, -0.2) is 0 Å². The van der Waals surface area contributed by atoms with E-state index in [4.69, 9.17) is 9.47 Å². The highest BCUT2D eigenvalue weighted by Crippen LogP contribution is 2.32. The summed E-state index contributed by atoms with van der Waals surface area (Å²) < 4.78 is 11.0. The van der Waals surface area contributed by atoms with E-state index >= 15 is 0 Å². The second kappa shape index (κ2) is 14.2. The average Bonchev–Trinajstić information content (AvgIpc) is 3.15. The van der Waals surface area contributed by atoms with E-state index in [1.807, 2.05) is 68.4 Å². The number of ether oxygens (including phenoxy) is 2. The number of hydrogen-bond donors (Lipinski definition) is 3. The van der Waals surface area contributed by atoms with Gasteiger partial charge >= 0.3 is 5.97 Å². The first-order valence-corrected chi connectivity index (χ1v) is 15.7. The fourth-order valence-corrected chi connectivity index (χ4v) is 5.91. The van der Waals surface area contributed by atoms with Crippen LogP contribution in [0.25, 0.3) is 11.1 Å². The van der Waals surface area contributed by atoms with Crippen molar-refractivity contribution in [2.75, 3.05) is 25.1 Å². The molecule has 0 saturated heterocycles. The van der Waals surface area contributed by atoms with Crippen molar-refractivity contribution in [2.45, 2.75) is 70.7 Å². The Morgan fingerprint density at radius 2 is 1.67 bits per heavy atom. The van der Waals surface area contributed by atoms with E-state index in [-0.39, 0.29) is 37.1 Å². The van der Waals surface area contributed by atoms with Crippen LogP contribution in [0.1, 0.15) is 61.5 Å². The van der Waals surface area contributed by atoms with Gasteiger partial charge in [0.2, 0.25) is 11.8 Å². The van der Waals surface area contributed by atoms with Gasteiger partial charge in [0.15, 0.2) is 0 Å². The van der Waals surface area contributed by atoms with Crippen LogP contribution in [0.3, 0.4) is 0 Å². The van der Waals surface area contributed by atoms with Crippen molar-refractivity contribution in [3.63, 3.8) is 0 Å². The van der Waals surface area contributed by atoms with Gasteiger partial charge < -0.3 is 30.3 Å². The lowest BCUT2D eigenvalue weighted by atomic mass is 9.98. The number of aryl methyl sites for hydroxylation is 1. The lowest BCUT2D eigenvalue weighted by Crippen LogP contribution is -2.51. The number of nitrogens with zero attached hydrogens (tertiary/aromatic N) is 1. The minimum atomic E-state index is -0.715. The van der Waals surface area contributed by atoms with Crippen LogP contribution in [0.4, 0.5) is 5.69 Å². The van der Waals surface area contributed by atoms with Gasteiger partial charge in [0.25, 0.3) is 5.91 Å². The monoisotopic (exact) mass is 626 g/mol. The van der Waals surface area contributed by atoms with Gasteiger partial charge in [0.1, 0.15) is 17.9 Å². The normalized spacial score (nSPS) is 21.2. The van der Waals surface area contributed by atoms with Gasteiger partial charge in [-0.05, 0) is 80.1 Å². The van der Waals surface area contributed by atoms with Crippen LogP contribution in [-0.2, 0) is 32.1 Å². The number of carbonyl (C=O) groups is 4. The topological polar surface area (TPSA) is 126 Å². The highest BCUT2D eigenvalue weighted by Gasteiger charge is 2.33. The molecule has 0 saturated carbocycles. The number of amides is 3. The van der Waals surface area contributed by atoms with Gasteiger partial charge in [0.05, 0.1) is 20.1 Å². The number of rotatable bonds is 1. The molecule has 242 valence electrons. The first kappa shape index (κ1) is 32.7. The minimum Gasteiger partial charge on any atom is -0.497 e. The molecule has 3 aliphatic heterocycles. The molecule has 46 heavy (non-hydrogen) atoms. The lowest BCUT2D eigenvalue weighted by Gasteiger charge is -2.29. The molecule has 4 bridgehead atoms. The van der Waals surface area contributed by atoms with E-state index in [1.54, 1.807) is 31.1 Å². The number of methoxy groups -OCH3 is 1. The van der Waals surface area contributed by atoms with Crippen molar-refractivity contribution >= 4 is 29.4 Å². The summed E-state index contributed by atoms with van der Waals surface area (Å²) in [4.78, 5) is 54.8. The van der Waals surface area contributed by atoms with Gasteiger partial charge in [-0.2, -0.15) is 0 Å². The maximum atomic E-state index is 14.1. The summed E-state index contributed by atoms with van der Waals surface area (Å²) in [6.07, 6.45) is 0.720. The van der Waals surface area contributed by atoms with Crippen molar-refractivity contribution < 1.29 is 28.7 Å². The molecule has 3 aliphatic rings. The number of hydrogen-bond acceptors (Lipinski definition) is 7. The van der Waals surface area contributed by atoms with E-state index < -0.39 is 23.7 Å². The van der Waals surface area contributed by atoms with Crippen LogP contribution >= 0.6 is 0 Å². The van der Waals surface area contributed by atoms with E-state index in [0.717, 1.165) is 27.9 Å². The third-order valence-electron chi connectivity index (χ3n) is 8.37. The van der Waals surface area contributed by atoms with E-state index in [1.165, 1.54) is 0 Å². The van der Waals surface area contributed by atoms with Crippen molar-refractivity contribution in [1.29, 1.82) is 0 Å². The van der Waals surface area contributed by atoms with E-state index in [9.17, 15) is 19.2 Å². The number of nitrogens with one attached hydrogen (secondary N) is 3. The van der Waals surface area contributed by atoms with Crippen LogP contribution < -0.4 is 25.6 Å².